The summed E-state index contributed by atoms with van der Waals surface area (Å²) >= 11 is 0. The van der Waals surface area contributed by atoms with Crippen LogP contribution in [0.25, 0.3) is 11.1 Å². The number of hydrogen-bond acceptors (Lipinski definition) is 3. The van der Waals surface area contributed by atoms with Crippen molar-refractivity contribution in [3.8, 4) is 16.9 Å². The van der Waals surface area contributed by atoms with Gasteiger partial charge < -0.3 is 4.74 Å². The summed E-state index contributed by atoms with van der Waals surface area (Å²) < 4.78 is 6.84. The van der Waals surface area contributed by atoms with E-state index in [0.29, 0.717) is 5.92 Å². The van der Waals surface area contributed by atoms with Crippen LogP contribution in [0.4, 0.5) is 0 Å². The molecule has 0 unspecified atom stereocenters. The molecule has 0 saturated heterocycles. The molecule has 0 amide bonds. The topological polar surface area (TPSA) is 24.8 Å². The van der Waals surface area contributed by atoms with Crippen LogP contribution < -0.4 is 4.74 Å². The maximum Gasteiger partial charge on any atom is 0.198 e. The zero-order valence-electron chi connectivity index (χ0n) is 20.4. The van der Waals surface area contributed by atoms with Crippen LogP contribution in [0, 0.1) is 0 Å². The van der Waals surface area contributed by atoms with Crippen LogP contribution in [0.15, 0.2) is 114 Å². The van der Waals surface area contributed by atoms with E-state index in [1.165, 1.54) is 27.8 Å². The highest BCUT2D eigenvalue weighted by Crippen LogP contribution is 2.52. The first-order valence-corrected chi connectivity index (χ1v) is 13.1. The highest BCUT2D eigenvalue weighted by molar-refractivity contribution is 6.02. The first-order valence-electron chi connectivity index (χ1n) is 13.1. The van der Waals surface area contributed by atoms with Crippen molar-refractivity contribution in [1.82, 2.24) is 5.01 Å². The van der Waals surface area contributed by atoms with Gasteiger partial charge in [0.15, 0.2) is 5.72 Å². The van der Waals surface area contributed by atoms with Crippen molar-refractivity contribution in [3.63, 3.8) is 0 Å². The standard InChI is InChI=1S/C33H30N2O/c1-3-9-24(10-4-1)26-15-17-28(18-16-26)30-23-31-29-13-7-8-14-32(29)36-33(35(31)34-30)21-19-27(20-22-33)25-11-5-2-6-12-25/h1-18,27,31H,19-23H2/t27?,31-,33?/m1/s1. The van der Waals surface area contributed by atoms with E-state index in [2.05, 4.69) is 114 Å². The third-order valence-electron chi connectivity index (χ3n) is 8.27. The lowest BCUT2D eigenvalue weighted by atomic mass is 9.78. The van der Waals surface area contributed by atoms with E-state index in [1.807, 2.05) is 0 Å². The van der Waals surface area contributed by atoms with Crippen molar-refractivity contribution in [1.29, 1.82) is 0 Å². The Kier molecular flexibility index (Phi) is 5.16. The van der Waals surface area contributed by atoms with Gasteiger partial charge in [0.2, 0.25) is 0 Å². The lowest BCUT2D eigenvalue weighted by Crippen LogP contribution is -2.55. The lowest BCUT2D eigenvalue weighted by Gasteiger charge is -2.50. The minimum absolute atomic E-state index is 0.229. The normalized spacial score (nSPS) is 24.6. The minimum Gasteiger partial charge on any atom is -0.466 e. The van der Waals surface area contributed by atoms with E-state index in [1.54, 1.807) is 0 Å². The maximum atomic E-state index is 6.84. The second kappa shape index (κ2) is 8.67. The van der Waals surface area contributed by atoms with Crippen molar-refractivity contribution in [2.75, 3.05) is 0 Å². The van der Waals surface area contributed by atoms with E-state index in [-0.39, 0.29) is 11.8 Å². The summed E-state index contributed by atoms with van der Waals surface area (Å²) in [6.07, 6.45) is 5.12. The van der Waals surface area contributed by atoms with Crippen LogP contribution in [0.1, 0.15) is 60.8 Å². The zero-order valence-corrected chi connectivity index (χ0v) is 20.4. The lowest BCUT2D eigenvalue weighted by molar-refractivity contribution is -0.142. The van der Waals surface area contributed by atoms with Crippen LogP contribution >= 0.6 is 0 Å². The van der Waals surface area contributed by atoms with Gasteiger partial charge in [0.25, 0.3) is 0 Å². The van der Waals surface area contributed by atoms with Gasteiger partial charge in [-0.25, -0.2) is 5.01 Å². The molecule has 0 N–H and O–H groups in total. The number of hydrazone groups is 1. The van der Waals surface area contributed by atoms with E-state index in [9.17, 15) is 0 Å². The van der Waals surface area contributed by atoms with Gasteiger partial charge in [-0.2, -0.15) is 5.10 Å². The van der Waals surface area contributed by atoms with Gasteiger partial charge in [0, 0.05) is 24.8 Å². The number of para-hydroxylation sites is 1. The Morgan fingerprint density at radius 1 is 0.667 bits per heavy atom. The zero-order chi connectivity index (χ0) is 24.0. The van der Waals surface area contributed by atoms with Crippen molar-refractivity contribution < 1.29 is 4.74 Å². The molecule has 0 bridgehead atoms. The summed E-state index contributed by atoms with van der Waals surface area (Å²) in [6.45, 7) is 0. The molecule has 2 heterocycles. The molecule has 1 atom stereocenters. The fourth-order valence-electron chi connectivity index (χ4n) is 6.35. The van der Waals surface area contributed by atoms with E-state index in [4.69, 9.17) is 9.84 Å². The molecule has 4 aromatic carbocycles. The molecule has 0 aromatic heterocycles. The summed E-state index contributed by atoms with van der Waals surface area (Å²) in [5, 5.41) is 7.61. The highest BCUT2D eigenvalue weighted by Gasteiger charge is 2.51. The fourth-order valence-corrected chi connectivity index (χ4v) is 6.35. The van der Waals surface area contributed by atoms with E-state index in [0.717, 1.165) is 43.6 Å². The van der Waals surface area contributed by atoms with E-state index < -0.39 is 0 Å². The molecule has 7 rings (SSSR count). The largest absolute Gasteiger partial charge is 0.466 e. The van der Waals surface area contributed by atoms with Crippen LogP contribution in [0.2, 0.25) is 0 Å². The molecule has 3 aliphatic rings. The molecule has 1 fully saturated rings. The molecule has 3 heteroatoms. The average molecular weight is 471 g/mol. The van der Waals surface area contributed by atoms with Crippen LogP contribution in [-0.4, -0.2) is 16.4 Å². The number of rotatable bonds is 3. The Hall–Kier alpha value is -3.85. The van der Waals surface area contributed by atoms with Gasteiger partial charge in [-0.15, -0.1) is 0 Å². The molecule has 2 aliphatic heterocycles. The van der Waals surface area contributed by atoms with E-state index >= 15 is 0 Å². The molecular formula is C33H30N2O. The summed E-state index contributed by atoms with van der Waals surface area (Å²) in [5.41, 5.74) is 7.18. The van der Waals surface area contributed by atoms with Gasteiger partial charge >= 0.3 is 0 Å². The third kappa shape index (κ3) is 3.62. The Morgan fingerprint density at radius 2 is 1.28 bits per heavy atom. The Labute approximate surface area is 213 Å². The third-order valence-corrected chi connectivity index (χ3v) is 8.27. The molecule has 4 aromatic rings. The quantitative estimate of drug-likeness (QED) is 0.303. The summed E-state index contributed by atoms with van der Waals surface area (Å²) in [7, 11) is 0. The average Bonchev–Trinajstić information content (AvgIpc) is 3.42. The molecule has 3 nitrogen and oxygen atoms in total. The number of hydrogen-bond donors (Lipinski definition) is 0. The Morgan fingerprint density at radius 3 is 2.03 bits per heavy atom. The van der Waals surface area contributed by atoms with Crippen molar-refractivity contribution in [2.24, 2.45) is 5.10 Å². The SMILES string of the molecule is c1ccc(-c2ccc(C3=NN4[C@H](C3)c3ccccc3OC43CCC(c4ccccc4)CC3)cc2)cc1. The second-order valence-electron chi connectivity index (χ2n) is 10.3. The fraction of sp³-hybridized carbons (Fsp3) is 0.242. The number of ether oxygens (including phenoxy) is 1. The summed E-state index contributed by atoms with van der Waals surface area (Å²) in [6, 6.07) is 39.2. The molecule has 1 saturated carbocycles. The van der Waals surface area contributed by atoms with Gasteiger partial charge in [0.1, 0.15) is 5.75 Å². The van der Waals surface area contributed by atoms with Crippen molar-refractivity contribution in [3.05, 3.63) is 126 Å². The Balaban J connectivity index is 1.20. The van der Waals surface area contributed by atoms with Gasteiger partial charge in [0.05, 0.1) is 11.8 Å². The van der Waals surface area contributed by atoms with Gasteiger partial charge in [-0.3, -0.25) is 0 Å². The molecule has 1 aliphatic carbocycles. The first-order chi connectivity index (χ1) is 17.8. The number of nitrogens with zero attached hydrogens (tertiary/aromatic N) is 2. The van der Waals surface area contributed by atoms with Crippen LogP contribution in [-0.2, 0) is 0 Å². The summed E-state index contributed by atoms with van der Waals surface area (Å²) in [4.78, 5) is 0. The van der Waals surface area contributed by atoms with Gasteiger partial charge in [-0.05, 0) is 47.1 Å². The molecular weight excluding hydrogens is 440 g/mol. The number of fused-ring (bicyclic) bond motifs is 4. The van der Waals surface area contributed by atoms with Crippen LogP contribution in [0.5, 0.6) is 5.75 Å². The van der Waals surface area contributed by atoms with Gasteiger partial charge in [-0.1, -0.05) is 103 Å². The van der Waals surface area contributed by atoms with Crippen molar-refractivity contribution in [2.45, 2.75) is 49.8 Å². The minimum atomic E-state index is -0.365. The number of benzene rings is 4. The first kappa shape index (κ1) is 21.4. The molecule has 1 spiro atoms. The van der Waals surface area contributed by atoms with Crippen LogP contribution in [0.3, 0.4) is 0 Å². The molecule has 178 valence electrons. The smallest absolute Gasteiger partial charge is 0.198 e. The second-order valence-corrected chi connectivity index (χ2v) is 10.3. The monoisotopic (exact) mass is 470 g/mol. The maximum absolute atomic E-state index is 6.84. The highest BCUT2D eigenvalue weighted by atomic mass is 16.5. The predicted octanol–water partition coefficient (Wildman–Crippen LogP) is 7.95. The Bertz CT molecular complexity index is 1390. The van der Waals surface area contributed by atoms with Crippen molar-refractivity contribution >= 4 is 5.71 Å². The molecule has 0 radical (unpaired) electrons. The molecule has 36 heavy (non-hydrogen) atoms. The summed E-state index contributed by atoms with van der Waals surface area (Å²) in [5.74, 6) is 1.63. The predicted molar refractivity (Wildman–Crippen MR) is 145 cm³/mol.